The van der Waals surface area contributed by atoms with Crippen LogP contribution < -0.4 is 20.9 Å². The molecule has 12 nitrogen and oxygen atoms in total. The largest absolute Gasteiger partial charge is 0.361 e. The van der Waals surface area contributed by atoms with E-state index in [1.165, 1.54) is 22.9 Å². The molecule has 0 fully saturated rings. The summed E-state index contributed by atoms with van der Waals surface area (Å²) in [5.41, 5.74) is 0.404. The van der Waals surface area contributed by atoms with Gasteiger partial charge in [0, 0.05) is 32.8 Å². The molecule has 35 heavy (non-hydrogen) atoms. The van der Waals surface area contributed by atoms with Crippen molar-refractivity contribution >= 4 is 72.5 Å². The van der Waals surface area contributed by atoms with Gasteiger partial charge in [0.1, 0.15) is 16.9 Å². The minimum absolute atomic E-state index is 0.0562. The van der Waals surface area contributed by atoms with Crippen LogP contribution in [-0.4, -0.2) is 53.2 Å². The molecular weight excluding hydrogens is 539 g/mol. The van der Waals surface area contributed by atoms with Gasteiger partial charge in [0.2, 0.25) is 15.9 Å². The van der Waals surface area contributed by atoms with E-state index >= 15 is 0 Å². The number of amides is 1. The first-order valence-corrected chi connectivity index (χ1v) is 13.0. The van der Waals surface area contributed by atoms with Crippen LogP contribution >= 0.6 is 34.5 Å². The maximum Gasteiger partial charge on any atom is 0.264 e. The number of benzene rings is 1. The van der Waals surface area contributed by atoms with E-state index in [0.29, 0.717) is 16.6 Å². The number of halogens is 2. The number of hydrogen-bond acceptors (Lipinski definition) is 9. The Morgan fingerprint density at radius 2 is 1.91 bits per heavy atom. The molecule has 4 N–H and O–H groups in total. The SMILES string of the molecule is CC(=O)Nc1nc(Cc2nc3c(c(N(C)C)nn3-c3c(Cl)cc(S(N)(=O)=O)cc3Cl)c(=O)[nH]2)cs1. The molecule has 0 unspecified atom stereocenters. The van der Waals surface area contributed by atoms with Crippen LogP contribution in [0.25, 0.3) is 16.7 Å². The third-order valence-electron chi connectivity index (χ3n) is 4.71. The monoisotopic (exact) mass is 556 g/mol. The van der Waals surface area contributed by atoms with Crippen molar-refractivity contribution in [2.24, 2.45) is 5.14 Å². The fourth-order valence-electron chi connectivity index (χ4n) is 3.28. The van der Waals surface area contributed by atoms with Gasteiger partial charge in [0.25, 0.3) is 5.56 Å². The minimum Gasteiger partial charge on any atom is -0.361 e. The third kappa shape index (κ3) is 5.01. The number of aromatic nitrogens is 5. The number of carbonyl (C=O) groups excluding carboxylic acids is 1. The van der Waals surface area contributed by atoms with Gasteiger partial charge in [-0.25, -0.2) is 28.2 Å². The lowest BCUT2D eigenvalue weighted by atomic mass is 10.3. The lowest BCUT2D eigenvalue weighted by Crippen LogP contribution is -2.16. The van der Waals surface area contributed by atoms with Crippen LogP contribution in [0.15, 0.2) is 27.2 Å². The quantitative estimate of drug-likeness (QED) is 0.324. The van der Waals surface area contributed by atoms with E-state index in [2.05, 4.69) is 25.4 Å². The van der Waals surface area contributed by atoms with E-state index in [4.69, 9.17) is 28.3 Å². The Kier molecular flexibility index (Phi) is 6.59. The van der Waals surface area contributed by atoms with Crippen molar-refractivity contribution in [2.75, 3.05) is 24.3 Å². The summed E-state index contributed by atoms with van der Waals surface area (Å²) in [6, 6.07) is 2.29. The Hall–Kier alpha value is -3.04. The van der Waals surface area contributed by atoms with Gasteiger partial charge in [-0.15, -0.1) is 16.4 Å². The second-order valence-corrected chi connectivity index (χ2v) is 10.9. The van der Waals surface area contributed by atoms with E-state index in [9.17, 15) is 18.0 Å². The average Bonchev–Trinajstić information content (AvgIpc) is 3.31. The van der Waals surface area contributed by atoms with E-state index in [1.807, 2.05) is 0 Å². The molecule has 184 valence electrons. The number of anilines is 2. The van der Waals surface area contributed by atoms with Crippen molar-refractivity contribution < 1.29 is 13.2 Å². The zero-order valence-electron chi connectivity index (χ0n) is 18.5. The topological polar surface area (TPSA) is 169 Å². The lowest BCUT2D eigenvalue weighted by Gasteiger charge is -2.10. The van der Waals surface area contributed by atoms with E-state index in [1.54, 1.807) is 24.4 Å². The molecular formula is C19H18Cl2N8O4S2. The van der Waals surface area contributed by atoms with Gasteiger partial charge in [-0.2, -0.15) is 0 Å². The first kappa shape index (κ1) is 25.1. The number of nitrogens with one attached hydrogen (secondary N) is 2. The highest BCUT2D eigenvalue weighted by atomic mass is 35.5. The zero-order chi connectivity index (χ0) is 25.7. The van der Waals surface area contributed by atoms with Crippen LogP contribution in [0.2, 0.25) is 10.0 Å². The molecule has 0 saturated carbocycles. The van der Waals surface area contributed by atoms with Crippen LogP contribution in [0.3, 0.4) is 0 Å². The van der Waals surface area contributed by atoms with Crippen molar-refractivity contribution in [3.8, 4) is 5.69 Å². The summed E-state index contributed by atoms with van der Waals surface area (Å²) in [7, 11) is -0.661. The molecule has 1 aromatic carbocycles. The fraction of sp³-hybridized carbons (Fsp3) is 0.211. The van der Waals surface area contributed by atoms with Gasteiger partial charge < -0.3 is 15.2 Å². The molecule has 4 aromatic rings. The summed E-state index contributed by atoms with van der Waals surface area (Å²) in [4.78, 5) is 37.3. The summed E-state index contributed by atoms with van der Waals surface area (Å²) in [6.45, 7) is 1.38. The Balaban J connectivity index is 1.89. The van der Waals surface area contributed by atoms with E-state index in [0.717, 1.165) is 12.1 Å². The Morgan fingerprint density at radius 1 is 1.26 bits per heavy atom. The van der Waals surface area contributed by atoms with Crippen LogP contribution in [-0.2, 0) is 21.2 Å². The number of nitrogens with two attached hydrogens (primary N) is 1. The molecule has 3 heterocycles. The lowest BCUT2D eigenvalue weighted by molar-refractivity contribution is -0.114. The zero-order valence-corrected chi connectivity index (χ0v) is 21.6. The second-order valence-electron chi connectivity index (χ2n) is 7.62. The molecule has 0 saturated heterocycles. The summed E-state index contributed by atoms with van der Waals surface area (Å²) >= 11 is 14.0. The number of nitrogens with zero attached hydrogens (tertiary/aromatic N) is 5. The maximum absolute atomic E-state index is 13.1. The Bertz CT molecular complexity index is 1620. The van der Waals surface area contributed by atoms with Crippen molar-refractivity contribution in [1.82, 2.24) is 24.7 Å². The van der Waals surface area contributed by atoms with Crippen molar-refractivity contribution in [1.29, 1.82) is 0 Å². The third-order valence-corrected chi connectivity index (χ3v) is 6.98. The Labute approximate surface area is 212 Å². The number of fused-ring (bicyclic) bond motifs is 1. The molecule has 3 aromatic heterocycles. The smallest absolute Gasteiger partial charge is 0.264 e. The molecule has 16 heteroatoms. The predicted octanol–water partition coefficient (Wildman–Crippen LogP) is 2.13. The molecule has 0 aliphatic carbocycles. The first-order valence-electron chi connectivity index (χ1n) is 9.78. The number of primary sulfonamides is 1. The van der Waals surface area contributed by atoms with Gasteiger partial charge in [-0.1, -0.05) is 23.2 Å². The molecule has 0 bridgehead atoms. The van der Waals surface area contributed by atoms with E-state index in [-0.39, 0.29) is 49.8 Å². The number of aromatic amines is 1. The highest BCUT2D eigenvalue weighted by molar-refractivity contribution is 7.89. The molecule has 0 aliphatic rings. The number of sulfonamides is 1. The molecule has 0 radical (unpaired) electrons. The summed E-state index contributed by atoms with van der Waals surface area (Å²) in [6.07, 6.45) is 0.162. The molecule has 0 spiro atoms. The minimum atomic E-state index is -4.06. The van der Waals surface area contributed by atoms with Crippen LogP contribution in [0.1, 0.15) is 18.4 Å². The predicted molar refractivity (Wildman–Crippen MR) is 134 cm³/mol. The summed E-state index contributed by atoms with van der Waals surface area (Å²) < 4.78 is 24.8. The van der Waals surface area contributed by atoms with Gasteiger partial charge in [0.05, 0.1) is 20.6 Å². The van der Waals surface area contributed by atoms with Gasteiger partial charge in [-0.3, -0.25) is 9.59 Å². The van der Waals surface area contributed by atoms with Crippen molar-refractivity contribution in [2.45, 2.75) is 18.2 Å². The van der Waals surface area contributed by atoms with Gasteiger partial charge in [-0.05, 0) is 12.1 Å². The molecule has 1 amide bonds. The highest BCUT2D eigenvalue weighted by Gasteiger charge is 2.24. The number of rotatable bonds is 6. The van der Waals surface area contributed by atoms with Gasteiger partial charge in [0.15, 0.2) is 16.6 Å². The fourth-order valence-corrected chi connectivity index (χ4v) is 5.38. The van der Waals surface area contributed by atoms with Crippen LogP contribution in [0, 0.1) is 0 Å². The molecule has 0 atom stereocenters. The van der Waals surface area contributed by atoms with Crippen LogP contribution in [0.5, 0.6) is 0 Å². The van der Waals surface area contributed by atoms with E-state index < -0.39 is 15.6 Å². The van der Waals surface area contributed by atoms with Crippen molar-refractivity contribution in [3.63, 3.8) is 0 Å². The number of carbonyl (C=O) groups is 1. The molecule has 0 aliphatic heterocycles. The maximum atomic E-state index is 13.1. The first-order chi connectivity index (χ1) is 16.3. The summed E-state index contributed by atoms with van der Waals surface area (Å²) in [5, 5.41) is 14.5. The second kappa shape index (κ2) is 9.20. The highest BCUT2D eigenvalue weighted by Crippen LogP contribution is 2.34. The normalized spacial score (nSPS) is 11.7. The van der Waals surface area contributed by atoms with Crippen LogP contribution in [0.4, 0.5) is 10.9 Å². The number of H-pyrrole nitrogens is 1. The Morgan fingerprint density at radius 3 is 2.49 bits per heavy atom. The standard InChI is InChI=1S/C19H18Cl2N8O4S2/c1-8(30)23-19-24-9(7-34-19)4-13-25-16-14(18(31)26-13)17(28(2)3)27-29(16)15-11(20)5-10(6-12(15)21)35(22,32)33/h5-7H,4H2,1-3H3,(H2,22,32,33)(H,23,24,30)(H,25,26,31). The number of hydrogen-bond donors (Lipinski definition) is 3. The van der Waals surface area contributed by atoms with Gasteiger partial charge >= 0.3 is 0 Å². The number of thiazole rings is 1. The summed E-state index contributed by atoms with van der Waals surface area (Å²) in [5.74, 6) is 0.327. The van der Waals surface area contributed by atoms with Crippen molar-refractivity contribution in [3.05, 3.63) is 49.4 Å². The molecule has 4 rings (SSSR count). The average molecular weight is 557 g/mol.